The van der Waals surface area contributed by atoms with E-state index in [1.807, 2.05) is 12.1 Å². The summed E-state index contributed by atoms with van der Waals surface area (Å²) in [6.45, 7) is 1.61. The molecule has 0 spiro atoms. The van der Waals surface area contributed by atoms with E-state index in [-0.39, 0.29) is 35.0 Å². The lowest BCUT2D eigenvalue weighted by Gasteiger charge is -2.25. The fourth-order valence-electron chi connectivity index (χ4n) is 4.84. The van der Waals surface area contributed by atoms with Crippen molar-refractivity contribution in [2.75, 3.05) is 11.4 Å². The Kier molecular flexibility index (Phi) is 6.30. The molecule has 2 atom stereocenters. The van der Waals surface area contributed by atoms with Crippen LogP contribution in [-0.2, 0) is 21.7 Å². The Balaban J connectivity index is 1.31. The van der Waals surface area contributed by atoms with E-state index in [1.54, 1.807) is 35.2 Å². The van der Waals surface area contributed by atoms with E-state index in [1.165, 1.54) is 36.1 Å². The number of nitriles is 1. The number of rotatable bonds is 6. The van der Waals surface area contributed by atoms with Crippen molar-refractivity contribution in [3.63, 3.8) is 0 Å². The second kappa shape index (κ2) is 9.61. The zero-order valence-electron chi connectivity index (χ0n) is 20.4. The first kappa shape index (κ1) is 24.9. The largest absolute Gasteiger partial charge is 0.508 e. The van der Waals surface area contributed by atoms with Gasteiger partial charge in [0.1, 0.15) is 35.8 Å². The molecule has 192 valence electrons. The summed E-state index contributed by atoms with van der Waals surface area (Å²) < 4.78 is 15.6. The number of carbonyl (C=O) groups excluding carboxylic acids is 2. The Bertz CT molecular complexity index is 1610. The molecular formula is C28H24FN5O4. The lowest BCUT2D eigenvalue weighted by Crippen LogP contribution is -2.43. The number of imidazole rings is 1. The standard InChI is InChI=1S/C28H24FN5O4/c1-28(38,19-7-5-18(13-30)22(29)11-19)25-14-31-16-33(25)15-26(36)32-23-9-10-34(27(23)37)24-4-2-3-17-6-8-20(35)12-21(17)24/h2-8,11-12,14,16,23,35,38H,9-10,15H2,1H3,(H,32,36)/t23?,28-/m1/s1. The molecule has 2 heterocycles. The maximum atomic E-state index is 14.2. The van der Waals surface area contributed by atoms with Gasteiger partial charge in [-0.1, -0.05) is 24.3 Å². The molecule has 1 saturated heterocycles. The number of halogens is 1. The van der Waals surface area contributed by atoms with Gasteiger partial charge in [0, 0.05) is 11.9 Å². The number of aliphatic hydroxyl groups is 1. The Morgan fingerprint density at radius 2 is 2.08 bits per heavy atom. The lowest BCUT2D eigenvalue weighted by atomic mass is 9.92. The molecule has 1 aliphatic rings. The van der Waals surface area contributed by atoms with Gasteiger partial charge < -0.3 is 25.0 Å². The Morgan fingerprint density at radius 1 is 1.26 bits per heavy atom. The molecule has 38 heavy (non-hydrogen) atoms. The summed E-state index contributed by atoms with van der Waals surface area (Å²) in [6, 6.07) is 15.3. The number of hydrogen-bond donors (Lipinski definition) is 3. The van der Waals surface area contributed by atoms with Crippen molar-refractivity contribution >= 4 is 28.3 Å². The second-order valence-electron chi connectivity index (χ2n) is 9.37. The molecule has 4 aromatic rings. The number of nitrogens with one attached hydrogen (secondary N) is 1. The van der Waals surface area contributed by atoms with Crippen LogP contribution in [0.25, 0.3) is 10.8 Å². The second-order valence-corrected chi connectivity index (χ2v) is 9.37. The third-order valence-electron chi connectivity index (χ3n) is 6.85. The summed E-state index contributed by atoms with van der Waals surface area (Å²) in [5.74, 6) is -1.39. The van der Waals surface area contributed by atoms with Crippen LogP contribution >= 0.6 is 0 Å². The van der Waals surface area contributed by atoms with Crippen LogP contribution in [0.1, 0.15) is 30.2 Å². The van der Waals surface area contributed by atoms with Crippen molar-refractivity contribution in [1.82, 2.24) is 14.9 Å². The zero-order valence-corrected chi connectivity index (χ0v) is 20.4. The number of aromatic nitrogens is 2. The highest BCUT2D eigenvalue weighted by Gasteiger charge is 2.35. The van der Waals surface area contributed by atoms with Gasteiger partial charge in [-0.25, -0.2) is 9.37 Å². The molecule has 10 heteroatoms. The highest BCUT2D eigenvalue weighted by molar-refractivity contribution is 6.08. The number of phenols is 1. The third kappa shape index (κ3) is 4.44. The maximum absolute atomic E-state index is 14.2. The van der Waals surface area contributed by atoms with Crippen LogP contribution < -0.4 is 10.2 Å². The van der Waals surface area contributed by atoms with Crippen LogP contribution in [0.4, 0.5) is 10.1 Å². The monoisotopic (exact) mass is 513 g/mol. The number of carbonyl (C=O) groups is 2. The average Bonchev–Trinajstić information content (AvgIpc) is 3.50. The quantitative estimate of drug-likeness (QED) is 0.363. The van der Waals surface area contributed by atoms with Gasteiger partial charge in [-0.2, -0.15) is 5.26 Å². The number of hydrogen-bond acceptors (Lipinski definition) is 6. The molecule has 0 aliphatic carbocycles. The van der Waals surface area contributed by atoms with Gasteiger partial charge in [0.15, 0.2) is 0 Å². The van der Waals surface area contributed by atoms with Crippen molar-refractivity contribution in [3.8, 4) is 11.8 Å². The number of phenolic OH excluding ortho intramolecular Hbond substituents is 1. The molecule has 3 aromatic carbocycles. The van der Waals surface area contributed by atoms with Crippen LogP contribution in [0.15, 0.2) is 67.1 Å². The van der Waals surface area contributed by atoms with E-state index in [9.17, 15) is 24.2 Å². The van der Waals surface area contributed by atoms with Crippen molar-refractivity contribution in [1.29, 1.82) is 5.26 Å². The van der Waals surface area contributed by atoms with Crippen LogP contribution in [0, 0.1) is 17.1 Å². The number of aromatic hydroxyl groups is 1. The van der Waals surface area contributed by atoms with E-state index >= 15 is 0 Å². The van der Waals surface area contributed by atoms with Crippen LogP contribution in [0.2, 0.25) is 0 Å². The molecule has 0 bridgehead atoms. The van der Waals surface area contributed by atoms with Crippen molar-refractivity contribution in [2.24, 2.45) is 0 Å². The predicted molar refractivity (Wildman–Crippen MR) is 137 cm³/mol. The third-order valence-corrected chi connectivity index (χ3v) is 6.85. The topological polar surface area (TPSA) is 131 Å². The number of amides is 2. The summed E-state index contributed by atoms with van der Waals surface area (Å²) in [5.41, 5.74) is -0.757. The van der Waals surface area contributed by atoms with E-state index < -0.39 is 23.4 Å². The minimum atomic E-state index is -1.70. The highest BCUT2D eigenvalue weighted by atomic mass is 19.1. The number of nitrogens with zero attached hydrogens (tertiary/aromatic N) is 4. The average molecular weight is 514 g/mol. The van der Waals surface area contributed by atoms with Gasteiger partial charge in [-0.15, -0.1) is 0 Å². The molecule has 9 nitrogen and oxygen atoms in total. The number of anilines is 1. The molecule has 1 aromatic heterocycles. The molecule has 0 radical (unpaired) electrons. The van der Waals surface area contributed by atoms with Crippen LogP contribution in [0.5, 0.6) is 5.75 Å². The molecule has 1 aliphatic heterocycles. The fraction of sp³-hybridized carbons (Fsp3) is 0.214. The summed E-state index contributed by atoms with van der Waals surface area (Å²) in [4.78, 5) is 31.8. The van der Waals surface area contributed by atoms with Crippen molar-refractivity contribution < 1.29 is 24.2 Å². The minimum Gasteiger partial charge on any atom is -0.508 e. The summed E-state index contributed by atoms with van der Waals surface area (Å²) in [5, 5.41) is 34.5. The lowest BCUT2D eigenvalue weighted by molar-refractivity contribution is -0.126. The smallest absolute Gasteiger partial charge is 0.249 e. The Hall–Kier alpha value is -4.75. The van der Waals surface area contributed by atoms with E-state index in [4.69, 9.17) is 5.26 Å². The number of benzene rings is 3. The molecule has 2 amide bonds. The van der Waals surface area contributed by atoms with Gasteiger partial charge in [-0.3, -0.25) is 9.59 Å². The first-order valence-electron chi connectivity index (χ1n) is 11.9. The van der Waals surface area contributed by atoms with Gasteiger partial charge in [-0.05, 0) is 54.6 Å². The Labute approximate surface area is 217 Å². The highest BCUT2D eigenvalue weighted by Crippen LogP contribution is 2.33. The summed E-state index contributed by atoms with van der Waals surface area (Å²) in [6.07, 6.45) is 3.15. The van der Waals surface area contributed by atoms with Gasteiger partial charge in [0.2, 0.25) is 11.8 Å². The summed E-state index contributed by atoms with van der Waals surface area (Å²) in [7, 11) is 0. The fourth-order valence-corrected chi connectivity index (χ4v) is 4.84. The molecule has 0 saturated carbocycles. The van der Waals surface area contributed by atoms with E-state index in [2.05, 4.69) is 10.3 Å². The van der Waals surface area contributed by atoms with E-state index in [0.717, 1.165) is 16.8 Å². The normalized spacial score (nSPS) is 16.8. The first-order valence-corrected chi connectivity index (χ1v) is 11.9. The number of fused-ring (bicyclic) bond motifs is 1. The van der Waals surface area contributed by atoms with Gasteiger partial charge in [0.25, 0.3) is 0 Å². The van der Waals surface area contributed by atoms with Gasteiger partial charge in [0.05, 0.1) is 29.5 Å². The summed E-state index contributed by atoms with van der Waals surface area (Å²) >= 11 is 0. The van der Waals surface area contributed by atoms with E-state index in [0.29, 0.717) is 18.7 Å². The molecular weight excluding hydrogens is 489 g/mol. The van der Waals surface area contributed by atoms with Crippen molar-refractivity contribution in [3.05, 3.63) is 89.8 Å². The molecule has 1 fully saturated rings. The minimum absolute atomic E-state index is 0.0946. The van der Waals surface area contributed by atoms with Crippen LogP contribution in [-0.4, -0.2) is 44.2 Å². The van der Waals surface area contributed by atoms with Crippen LogP contribution in [0.3, 0.4) is 0 Å². The first-order chi connectivity index (χ1) is 18.2. The molecule has 5 rings (SSSR count). The van der Waals surface area contributed by atoms with Crippen molar-refractivity contribution in [2.45, 2.75) is 31.5 Å². The SMILES string of the molecule is C[C@@](O)(c1ccc(C#N)c(F)c1)c1cncn1CC(=O)NC1CCN(c2cccc3ccc(O)cc23)C1=O. The predicted octanol–water partition coefficient (Wildman–Crippen LogP) is 2.93. The molecule has 1 unspecified atom stereocenters. The van der Waals surface area contributed by atoms with Gasteiger partial charge >= 0.3 is 0 Å². The molecule has 3 N–H and O–H groups in total. The maximum Gasteiger partial charge on any atom is 0.249 e. The Morgan fingerprint density at radius 3 is 2.84 bits per heavy atom. The zero-order chi connectivity index (χ0) is 27.0.